The van der Waals surface area contributed by atoms with Crippen molar-refractivity contribution in [3.63, 3.8) is 0 Å². The van der Waals surface area contributed by atoms with E-state index in [9.17, 15) is 8.42 Å². The number of aryl methyl sites for hydroxylation is 1. The topological polar surface area (TPSA) is 82.3 Å². The summed E-state index contributed by atoms with van der Waals surface area (Å²) in [6.45, 7) is 2.16. The Morgan fingerprint density at radius 2 is 1.78 bits per heavy atom. The number of hydrogen-bond donors (Lipinski definition) is 0. The van der Waals surface area contributed by atoms with Gasteiger partial charge in [-0.25, -0.2) is 8.42 Å². The minimum atomic E-state index is -3.35. The monoisotopic (exact) mass is 468 g/mol. The van der Waals surface area contributed by atoms with E-state index < -0.39 is 9.84 Å². The van der Waals surface area contributed by atoms with Crippen LogP contribution in [-0.2, 0) is 16.4 Å². The maximum atomic E-state index is 12.3. The molecule has 2 aromatic carbocycles. The molecular weight excluding hydrogens is 452 g/mol. The third-order valence-electron chi connectivity index (χ3n) is 3.58. The summed E-state index contributed by atoms with van der Waals surface area (Å²) < 4.78 is 36.5. The van der Waals surface area contributed by atoms with Crippen LogP contribution >= 0.6 is 27.7 Å². The number of benzene rings is 2. The normalized spacial score (nSPS) is 11.5. The highest BCUT2D eigenvalue weighted by Gasteiger charge is 2.15. The van der Waals surface area contributed by atoms with Crippen LogP contribution in [0.5, 0.6) is 5.75 Å². The summed E-state index contributed by atoms with van der Waals surface area (Å²) in [5.74, 6) is 1.36. The molecule has 0 saturated carbocycles. The highest BCUT2D eigenvalue weighted by molar-refractivity contribution is 9.10. The zero-order chi connectivity index (χ0) is 19.3. The van der Waals surface area contributed by atoms with Crippen molar-refractivity contribution in [1.82, 2.24) is 10.2 Å². The second-order valence-electron chi connectivity index (χ2n) is 5.68. The first kappa shape index (κ1) is 19.9. The number of nitrogens with zero attached hydrogens (tertiary/aromatic N) is 2. The van der Waals surface area contributed by atoms with Gasteiger partial charge in [0.05, 0.1) is 10.6 Å². The van der Waals surface area contributed by atoms with Crippen LogP contribution in [0.2, 0.25) is 0 Å². The predicted molar refractivity (Wildman–Crippen MR) is 107 cm³/mol. The Balaban J connectivity index is 1.49. The molecule has 0 aliphatic heterocycles. The van der Waals surface area contributed by atoms with E-state index in [1.165, 1.54) is 11.8 Å². The smallest absolute Gasteiger partial charge is 0.276 e. The van der Waals surface area contributed by atoms with Crippen LogP contribution in [-0.4, -0.2) is 30.1 Å². The maximum Gasteiger partial charge on any atom is 0.276 e. The first-order valence-corrected chi connectivity index (χ1v) is 11.5. The van der Waals surface area contributed by atoms with Gasteiger partial charge in [0.2, 0.25) is 0 Å². The van der Waals surface area contributed by atoms with Crippen molar-refractivity contribution in [1.29, 1.82) is 0 Å². The molecule has 0 saturated heterocycles. The lowest BCUT2D eigenvalue weighted by molar-refractivity contribution is 0.252. The van der Waals surface area contributed by atoms with Crippen LogP contribution in [0.15, 0.2) is 67.5 Å². The number of thioether (sulfide) groups is 1. The molecule has 142 valence electrons. The standard InChI is InChI=1S/C18H17BrN2O4S2/c1-13-2-6-15(7-3-13)24-12-17-20-21-18(25-17)26-10-11-27(22,23)16-8-4-14(19)5-9-16/h2-9H,10-12H2,1H3. The van der Waals surface area contributed by atoms with Crippen LogP contribution in [0.25, 0.3) is 0 Å². The molecule has 0 fully saturated rings. The lowest BCUT2D eigenvalue weighted by atomic mass is 10.2. The first-order valence-electron chi connectivity index (χ1n) is 8.05. The lowest BCUT2D eigenvalue weighted by Gasteiger charge is -2.03. The van der Waals surface area contributed by atoms with Gasteiger partial charge in [0.15, 0.2) is 16.4 Å². The second-order valence-corrected chi connectivity index (χ2v) is 9.76. The van der Waals surface area contributed by atoms with E-state index in [4.69, 9.17) is 9.15 Å². The van der Waals surface area contributed by atoms with Crippen LogP contribution in [0.4, 0.5) is 0 Å². The van der Waals surface area contributed by atoms with Gasteiger partial charge in [0, 0.05) is 10.2 Å². The molecule has 0 unspecified atom stereocenters. The lowest BCUT2D eigenvalue weighted by Crippen LogP contribution is -2.08. The van der Waals surface area contributed by atoms with Crippen LogP contribution < -0.4 is 4.74 Å². The molecule has 3 rings (SSSR count). The van der Waals surface area contributed by atoms with Crippen molar-refractivity contribution < 1.29 is 17.6 Å². The number of hydrogen-bond acceptors (Lipinski definition) is 7. The number of halogens is 1. The Labute approximate surface area is 170 Å². The van der Waals surface area contributed by atoms with Gasteiger partial charge in [-0.3, -0.25) is 0 Å². The van der Waals surface area contributed by atoms with Gasteiger partial charge in [-0.1, -0.05) is 45.4 Å². The van der Waals surface area contributed by atoms with Crippen molar-refractivity contribution in [3.05, 3.63) is 64.5 Å². The minimum Gasteiger partial charge on any atom is -0.484 e. The van der Waals surface area contributed by atoms with Crippen molar-refractivity contribution in [2.45, 2.75) is 23.6 Å². The van der Waals surface area contributed by atoms with E-state index in [0.717, 1.165) is 10.0 Å². The summed E-state index contributed by atoms with van der Waals surface area (Å²) in [5.41, 5.74) is 1.15. The zero-order valence-electron chi connectivity index (χ0n) is 14.5. The average molecular weight is 469 g/mol. The van der Waals surface area contributed by atoms with Crippen molar-refractivity contribution in [2.24, 2.45) is 0 Å². The van der Waals surface area contributed by atoms with E-state index in [-0.39, 0.29) is 12.4 Å². The van der Waals surface area contributed by atoms with Crippen molar-refractivity contribution in [3.8, 4) is 5.75 Å². The molecule has 0 atom stereocenters. The molecule has 27 heavy (non-hydrogen) atoms. The maximum absolute atomic E-state index is 12.3. The number of sulfone groups is 1. The summed E-state index contributed by atoms with van der Waals surface area (Å²) in [7, 11) is -3.35. The molecule has 3 aromatic rings. The summed E-state index contributed by atoms with van der Waals surface area (Å²) >= 11 is 4.50. The third-order valence-corrected chi connectivity index (χ3v) is 6.92. The van der Waals surface area contributed by atoms with Crippen LogP contribution in [0.1, 0.15) is 11.5 Å². The second kappa shape index (κ2) is 8.90. The Hall–Kier alpha value is -1.84. The van der Waals surface area contributed by atoms with Gasteiger partial charge in [0.1, 0.15) is 5.75 Å². The number of ether oxygens (including phenoxy) is 1. The van der Waals surface area contributed by atoms with E-state index in [0.29, 0.717) is 27.5 Å². The Bertz CT molecular complexity index is 987. The van der Waals surface area contributed by atoms with E-state index in [1.807, 2.05) is 31.2 Å². The third kappa shape index (κ3) is 5.82. The summed E-state index contributed by atoms with van der Waals surface area (Å²) in [6, 6.07) is 14.2. The van der Waals surface area contributed by atoms with E-state index >= 15 is 0 Å². The molecule has 1 aromatic heterocycles. The Morgan fingerprint density at radius 3 is 2.48 bits per heavy atom. The van der Waals surface area contributed by atoms with Crippen molar-refractivity contribution >= 4 is 37.5 Å². The molecule has 6 nitrogen and oxygen atoms in total. The van der Waals surface area contributed by atoms with Gasteiger partial charge in [0.25, 0.3) is 11.1 Å². The molecule has 0 amide bonds. The average Bonchev–Trinajstić information content (AvgIpc) is 3.09. The van der Waals surface area contributed by atoms with Gasteiger partial charge in [-0.15, -0.1) is 10.2 Å². The Morgan fingerprint density at radius 1 is 1.07 bits per heavy atom. The molecule has 9 heteroatoms. The quantitative estimate of drug-likeness (QED) is 0.456. The first-order chi connectivity index (χ1) is 12.9. The van der Waals surface area contributed by atoms with E-state index in [2.05, 4.69) is 26.1 Å². The SMILES string of the molecule is Cc1ccc(OCc2nnc(SCCS(=O)(=O)c3ccc(Br)cc3)o2)cc1. The fourth-order valence-corrected chi connectivity index (χ4v) is 4.82. The Kier molecular flexibility index (Phi) is 6.56. The molecule has 1 heterocycles. The summed E-state index contributed by atoms with van der Waals surface area (Å²) in [4.78, 5) is 0.295. The molecule has 0 aliphatic carbocycles. The van der Waals surface area contributed by atoms with Gasteiger partial charge in [-0.2, -0.15) is 0 Å². The molecule has 0 radical (unpaired) electrons. The van der Waals surface area contributed by atoms with Gasteiger partial charge >= 0.3 is 0 Å². The van der Waals surface area contributed by atoms with Crippen LogP contribution in [0.3, 0.4) is 0 Å². The van der Waals surface area contributed by atoms with Crippen LogP contribution in [0, 0.1) is 6.92 Å². The number of aromatic nitrogens is 2. The largest absolute Gasteiger partial charge is 0.484 e. The van der Waals surface area contributed by atoms with Crippen molar-refractivity contribution in [2.75, 3.05) is 11.5 Å². The fourth-order valence-electron chi connectivity index (χ4n) is 2.13. The highest BCUT2D eigenvalue weighted by Crippen LogP contribution is 2.21. The zero-order valence-corrected chi connectivity index (χ0v) is 17.7. The molecule has 0 spiro atoms. The fraction of sp³-hybridized carbons (Fsp3) is 0.222. The molecule has 0 bridgehead atoms. The molecule has 0 aliphatic rings. The van der Waals surface area contributed by atoms with Gasteiger partial charge < -0.3 is 9.15 Å². The number of rotatable bonds is 8. The predicted octanol–water partition coefficient (Wildman–Crippen LogP) is 4.29. The van der Waals surface area contributed by atoms with E-state index in [1.54, 1.807) is 24.3 Å². The minimum absolute atomic E-state index is 0.0170. The summed E-state index contributed by atoms with van der Waals surface area (Å²) in [6.07, 6.45) is 0. The molecular formula is C18H17BrN2O4S2. The highest BCUT2D eigenvalue weighted by atomic mass is 79.9. The molecule has 0 N–H and O–H groups in total. The summed E-state index contributed by atoms with van der Waals surface area (Å²) in [5, 5.41) is 8.15. The van der Waals surface area contributed by atoms with Gasteiger partial charge in [-0.05, 0) is 43.3 Å².